The van der Waals surface area contributed by atoms with Crippen LogP contribution in [0.5, 0.6) is 0 Å². The van der Waals surface area contributed by atoms with E-state index in [1.807, 2.05) is 13.2 Å². The zero-order valence-corrected chi connectivity index (χ0v) is 5.99. The lowest BCUT2D eigenvalue weighted by molar-refractivity contribution is -0.109. The highest BCUT2D eigenvalue weighted by atomic mass is 32.2. The molecule has 0 aliphatic carbocycles. The van der Waals surface area contributed by atoms with E-state index in [2.05, 4.69) is 5.32 Å². The number of hydrogen-bond acceptors (Lipinski definition) is 2. The molecular weight excluding hydrogens is 122 g/mol. The van der Waals surface area contributed by atoms with Gasteiger partial charge in [-0.05, 0) is 13.2 Å². The zero-order chi connectivity index (χ0) is 6.41. The molecule has 0 heterocycles. The zero-order valence-electron chi connectivity index (χ0n) is 5.18. The summed E-state index contributed by atoms with van der Waals surface area (Å²) in [7, 11) is 0. The minimum Gasteiger partial charge on any atom is -0.355 e. The molecule has 0 aromatic heterocycles. The molecule has 0 radical (unpaired) electrons. The Hall–Kier alpha value is -0.180. The van der Waals surface area contributed by atoms with Gasteiger partial charge in [0.05, 0.1) is 0 Å². The van der Waals surface area contributed by atoms with Gasteiger partial charge in [0.15, 0.2) is 0 Å². The Balaban J connectivity index is 3.03. The molecule has 0 rings (SSSR count). The first kappa shape index (κ1) is 7.82. The van der Waals surface area contributed by atoms with E-state index in [-0.39, 0.29) is 0 Å². The molecule has 3 heteroatoms. The first-order chi connectivity index (χ1) is 3.81. The van der Waals surface area contributed by atoms with Crippen molar-refractivity contribution in [1.29, 1.82) is 0 Å². The number of nitrogens with one attached hydrogen (secondary N) is 1. The second kappa shape index (κ2) is 4.97. The van der Waals surface area contributed by atoms with Crippen LogP contribution in [0.15, 0.2) is 0 Å². The van der Waals surface area contributed by atoms with Gasteiger partial charge >= 0.3 is 0 Å². The predicted molar refractivity (Wildman–Crippen MR) is 37.0 cm³/mol. The fraction of sp³-hybridized carbons (Fsp3) is 0.800. The van der Waals surface area contributed by atoms with E-state index in [4.69, 9.17) is 0 Å². The van der Waals surface area contributed by atoms with Crippen LogP contribution in [0, 0.1) is 0 Å². The van der Waals surface area contributed by atoms with Gasteiger partial charge in [0, 0.05) is 11.8 Å². The summed E-state index contributed by atoms with van der Waals surface area (Å²) >= 11 is 1.73. The lowest BCUT2D eigenvalue weighted by Gasteiger charge is -2.05. The van der Waals surface area contributed by atoms with Crippen LogP contribution < -0.4 is 5.32 Å². The molecule has 8 heavy (non-hydrogen) atoms. The van der Waals surface area contributed by atoms with E-state index in [1.165, 1.54) is 0 Å². The van der Waals surface area contributed by atoms with Crippen LogP contribution in [-0.2, 0) is 4.79 Å². The molecule has 1 amide bonds. The summed E-state index contributed by atoms with van der Waals surface area (Å²) < 4.78 is 0. The van der Waals surface area contributed by atoms with Crippen LogP contribution >= 0.6 is 11.8 Å². The molecule has 0 aliphatic heterocycles. The van der Waals surface area contributed by atoms with Crippen LogP contribution in [0.3, 0.4) is 0 Å². The summed E-state index contributed by atoms with van der Waals surface area (Å²) in [6.07, 6.45) is 2.75. The van der Waals surface area contributed by atoms with Gasteiger partial charge in [0.25, 0.3) is 0 Å². The van der Waals surface area contributed by atoms with E-state index in [0.29, 0.717) is 6.04 Å². The largest absolute Gasteiger partial charge is 0.355 e. The standard InChI is InChI=1S/C5H11NOS/c1-5(3-8-2)6-4-7/h4-5H,3H2,1-2H3,(H,6,7). The molecule has 0 fully saturated rings. The Morgan fingerprint density at radius 3 is 2.88 bits per heavy atom. The van der Waals surface area contributed by atoms with Crippen molar-refractivity contribution in [2.24, 2.45) is 0 Å². The van der Waals surface area contributed by atoms with Gasteiger partial charge < -0.3 is 5.32 Å². The maximum Gasteiger partial charge on any atom is 0.207 e. The molecule has 0 bridgehead atoms. The van der Waals surface area contributed by atoms with Crippen molar-refractivity contribution in [3.05, 3.63) is 0 Å². The average molecular weight is 133 g/mol. The molecule has 0 spiro atoms. The van der Waals surface area contributed by atoms with Gasteiger partial charge in [-0.3, -0.25) is 4.79 Å². The molecule has 1 atom stereocenters. The normalized spacial score (nSPS) is 12.8. The summed E-state index contributed by atoms with van der Waals surface area (Å²) in [5.41, 5.74) is 0. The molecular formula is C5H11NOS. The lowest BCUT2D eigenvalue weighted by atomic mass is 10.4. The highest BCUT2D eigenvalue weighted by Gasteiger charge is 1.94. The van der Waals surface area contributed by atoms with E-state index >= 15 is 0 Å². The Kier molecular flexibility index (Phi) is 4.85. The van der Waals surface area contributed by atoms with E-state index < -0.39 is 0 Å². The summed E-state index contributed by atoms with van der Waals surface area (Å²) in [6.45, 7) is 1.98. The quantitative estimate of drug-likeness (QED) is 0.565. The molecule has 48 valence electrons. The van der Waals surface area contributed by atoms with E-state index in [0.717, 1.165) is 12.2 Å². The first-order valence-corrected chi connectivity index (χ1v) is 3.89. The van der Waals surface area contributed by atoms with Gasteiger partial charge in [-0.15, -0.1) is 0 Å². The first-order valence-electron chi connectivity index (χ1n) is 2.50. The predicted octanol–water partition coefficient (Wildman–Crippen LogP) is 0.484. The number of hydrogen-bond donors (Lipinski definition) is 1. The maximum atomic E-state index is 9.77. The highest BCUT2D eigenvalue weighted by molar-refractivity contribution is 7.98. The molecule has 0 aliphatic rings. The van der Waals surface area contributed by atoms with Crippen molar-refractivity contribution in [3.63, 3.8) is 0 Å². The van der Waals surface area contributed by atoms with Crippen LogP contribution in [0.25, 0.3) is 0 Å². The van der Waals surface area contributed by atoms with Crippen molar-refractivity contribution < 1.29 is 4.79 Å². The van der Waals surface area contributed by atoms with Gasteiger partial charge in [0.1, 0.15) is 0 Å². The van der Waals surface area contributed by atoms with Crippen molar-refractivity contribution in [1.82, 2.24) is 5.32 Å². The minimum absolute atomic E-state index is 0.308. The molecule has 0 aromatic rings. The van der Waals surface area contributed by atoms with E-state index in [9.17, 15) is 4.79 Å². The molecule has 0 saturated carbocycles. The Bertz CT molecular complexity index is 67.4. The molecule has 0 saturated heterocycles. The summed E-state index contributed by atoms with van der Waals surface area (Å²) in [5, 5.41) is 2.64. The van der Waals surface area contributed by atoms with Crippen LogP contribution in [0.4, 0.5) is 0 Å². The van der Waals surface area contributed by atoms with Crippen molar-refractivity contribution in [3.8, 4) is 0 Å². The van der Waals surface area contributed by atoms with Crippen molar-refractivity contribution >= 4 is 18.2 Å². The average Bonchev–Trinajstić information content (AvgIpc) is 1.68. The lowest BCUT2D eigenvalue weighted by Crippen LogP contribution is -2.26. The summed E-state index contributed by atoms with van der Waals surface area (Å²) in [5.74, 6) is 0.985. The van der Waals surface area contributed by atoms with Gasteiger partial charge in [-0.2, -0.15) is 11.8 Å². The van der Waals surface area contributed by atoms with Gasteiger partial charge in [-0.1, -0.05) is 0 Å². The monoisotopic (exact) mass is 133 g/mol. The number of amides is 1. The van der Waals surface area contributed by atoms with Crippen LogP contribution in [-0.4, -0.2) is 24.5 Å². The Morgan fingerprint density at radius 2 is 2.50 bits per heavy atom. The number of thioether (sulfide) groups is 1. The van der Waals surface area contributed by atoms with Crippen molar-refractivity contribution in [2.75, 3.05) is 12.0 Å². The number of rotatable bonds is 4. The molecule has 1 unspecified atom stereocenters. The minimum atomic E-state index is 0.308. The van der Waals surface area contributed by atoms with Crippen LogP contribution in [0.2, 0.25) is 0 Å². The third-order valence-corrected chi connectivity index (χ3v) is 1.60. The highest BCUT2D eigenvalue weighted by Crippen LogP contribution is 1.93. The summed E-state index contributed by atoms with van der Waals surface area (Å²) in [4.78, 5) is 9.77. The fourth-order valence-corrected chi connectivity index (χ4v) is 1.01. The Labute approximate surface area is 54.0 Å². The van der Waals surface area contributed by atoms with E-state index in [1.54, 1.807) is 11.8 Å². The smallest absolute Gasteiger partial charge is 0.207 e. The molecule has 2 nitrogen and oxygen atoms in total. The third-order valence-electron chi connectivity index (χ3n) is 0.769. The molecule has 1 N–H and O–H groups in total. The maximum absolute atomic E-state index is 9.77. The Morgan fingerprint density at radius 1 is 1.88 bits per heavy atom. The number of carbonyl (C=O) groups is 1. The topological polar surface area (TPSA) is 29.1 Å². The second-order valence-corrected chi connectivity index (χ2v) is 2.55. The van der Waals surface area contributed by atoms with Gasteiger partial charge in [0.2, 0.25) is 6.41 Å². The molecule has 0 aromatic carbocycles. The summed E-state index contributed by atoms with van der Waals surface area (Å²) in [6, 6.07) is 0.308. The van der Waals surface area contributed by atoms with Gasteiger partial charge in [-0.25, -0.2) is 0 Å². The second-order valence-electron chi connectivity index (χ2n) is 1.64. The fourth-order valence-electron chi connectivity index (χ4n) is 0.414. The SMILES string of the molecule is CSCC(C)NC=O. The third kappa shape index (κ3) is 3.99. The van der Waals surface area contributed by atoms with Crippen LogP contribution in [0.1, 0.15) is 6.92 Å². The van der Waals surface area contributed by atoms with Crippen molar-refractivity contribution in [2.45, 2.75) is 13.0 Å². The number of carbonyl (C=O) groups excluding carboxylic acids is 1.